The van der Waals surface area contributed by atoms with Crippen LogP contribution in [0.3, 0.4) is 0 Å². The molecule has 0 aliphatic rings. The van der Waals surface area contributed by atoms with Gasteiger partial charge in [0.15, 0.2) is 0 Å². The van der Waals surface area contributed by atoms with Gasteiger partial charge in [0.2, 0.25) is 0 Å². The van der Waals surface area contributed by atoms with Crippen LogP contribution < -0.4 is 0 Å². The molecule has 0 fully saturated rings. The van der Waals surface area contributed by atoms with Crippen LogP contribution in [-0.4, -0.2) is 4.98 Å². The van der Waals surface area contributed by atoms with Crippen LogP contribution >= 0.6 is 0 Å². The number of hydrogen-bond donors (Lipinski definition) is 0. The quantitative estimate of drug-likeness (QED) is 0.617. The van der Waals surface area contributed by atoms with Crippen molar-refractivity contribution in [2.24, 2.45) is 5.18 Å². The second-order valence-corrected chi connectivity index (χ2v) is 1.99. The molecule has 0 atom stereocenters. The Morgan fingerprint density at radius 3 is 2.33 bits per heavy atom. The van der Waals surface area contributed by atoms with Crippen molar-refractivity contribution in [1.82, 2.24) is 4.98 Å². The Kier molecular flexibility index (Phi) is 2.07. The molecule has 1 aromatic heterocycles. The Labute approximate surface area is 65.2 Å². The summed E-state index contributed by atoms with van der Waals surface area (Å²) in [5.41, 5.74) is -1.15. The maximum absolute atomic E-state index is 11.9. The first-order chi connectivity index (χ1) is 5.54. The van der Waals surface area contributed by atoms with E-state index in [1.54, 1.807) is 0 Å². The molecule has 64 valence electrons. The van der Waals surface area contributed by atoms with Crippen molar-refractivity contribution in [1.29, 1.82) is 0 Å². The number of rotatable bonds is 1. The van der Waals surface area contributed by atoms with Crippen molar-refractivity contribution < 1.29 is 13.2 Å². The van der Waals surface area contributed by atoms with Crippen LogP contribution in [-0.2, 0) is 6.18 Å². The van der Waals surface area contributed by atoms with E-state index in [2.05, 4.69) is 10.2 Å². The lowest BCUT2D eigenvalue weighted by atomic mass is 10.3. The Bertz CT molecular complexity index is 280. The summed E-state index contributed by atoms with van der Waals surface area (Å²) in [5, 5.41) is 2.41. The summed E-state index contributed by atoms with van der Waals surface area (Å²) >= 11 is 0. The second kappa shape index (κ2) is 2.88. The molecule has 0 aliphatic heterocycles. The number of nitroso groups, excluding NO2 is 1. The van der Waals surface area contributed by atoms with Gasteiger partial charge in [0, 0.05) is 0 Å². The lowest BCUT2D eigenvalue weighted by molar-refractivity contribution is -0.141. The molecule has 0 radical (unpaired) electrons. The zero-order valence-corrected chi connectivity index (χ0v) is 5.67. The highest BCUT2D eigenvalue weighted by Crippen LogP contribution is 2.27. The summed E-state index contributed by atoms with van der Waals surface area (Å²) in [6.45, 7) is 0. The van der Waals surface area contributed by atoms with E-state index in [0.29, 0.717) is 6.07 Å². The highest BCUT2D eigenvalue weighted by molar-refractivity contribution is 5.33. The fourth-order valence-corrected chi connectivity index (χ4v) is 0.608. The molecule has 0 aromatic carbocycles. The monoisotopic (exact) mass is 176 g/mol. The topological polar surface area (TPSA) is 42.3 Å². The molecule has 0 saturated heterocycles. The standard InChI is InChI=1S/C6H3F3N2O/c7-6(8,9)5-2-1-4(11-12)3-10-5/h1-3H. The molecule has 0 N–H and O–H groups in total. The van der Waals surface area contributed by atoms with Crippen molar-refractivity contribution in [2.45, 2.75) is 6.18 Å². The van der Waals surface area contributed by atoms with Gasteiger partial charge in [-0.2, -0.15) is 13.2 Å². The molecule has 1 heterocycles. The number of aromatic nitrogens is 1. The third-order valence-electron chi connectivity index (χ3n) is 1.14. The number of alkyl halides is 3. The van der Waals surface area contributed by atoms with Gasteiger partial charge in [-0.25, -0.2) is 4.98 Å². The van der Waals surface area contributed by atoms with Gasteiger partial charge in [-0.15, -0.1) is 4.91 Å². The molecule has 0 bridgehead atoms. The van der Waals surface area contributed by atoms with Crippen LogP contribution in [0.4, 0.5) is 18.9 Å². The molecular weight excluding hydrogens is 173 g/mol. The Balaban J connectivity index is 3.00. The molecule has 0 spiro atoms. The Morgan fingerprint density at radius 2 is 2.00 bits per heavy atom. The summed E-state index contributed by atoms with van der Waals surface area (Å²) in [6, 6.07) is 1.67. The van der Waals surface area contributed by atoms with Gasteiger partial charge in [0.05, 0.1) is 6.20 Å². The maximum Gasteiger partial charge on any atom is 0.433 e. The first-order valence-corrected chi connectivity index (χ1v) is 2.90. The molecule has 0 amide bonds. The summed E-state index contributed by atoms with van der Waals surface area (Å²) in [6.07, 6.45) is -3.70. The largest absolute Gasteiger partial charge is 0.433 e. The van der Waals surface area contributed by atoms with Crippen LogP contribution in [0.15, 0.2) is 23.5 Å². The summed E-state index contributed by atoms with van der Waals surface area (Å²) < 4.78 is 35.6. The van der Waals surface area contributed by atoms with Gasteiger partial charge in [-0.3, -0.25) is 0 Å². The third kappa shape index (κ3) is 1.77. The van der Waals surface area contributed by atoms with Crippen molar-refractivity contribution in [3.05, 3.63) is 28.9 Å². The molecule has 1 rings (SSSR count). The lowest BCUT2D eigenvalue weighted by Gasteiger charge is -2.03. The van der Waals surface area contributed by atoms with E-state index < -0.39 is 11.9 Å². The smallest absolute Gasteiger partial charge is 0.249 e. The van der Waals surface area contributed by atoms with Crippen molar-refractivity contribution in [3.8, 4) is 0 Å². The first-order valence-electron chi connectivity index (χ1n) is 2.90. The van der Waals surface area contributed by atoms with Crippen LogP contribution in [0.2, 0.25) is 0 Å². The van der Waals surface area contributed by atoms with Crippen molar-refractivity contribution in [3.63, 3.8) is 0 Å². The molecule has 0 saturated carbocycles. The minimum absolute atomic E-state index is 0.122. The number of nitrogens with zero attached hydrogens (tertiary/aromatic N) is 2. The fourth-order valence-electron chi connectivity index (χ4n) is 0.608. The van der Waals surface area contributed by atoms with Crippen molar-refractivity contribution in [2.75, 3.05) is 0 Å². The highest BCUT2D eigenvalue weighted by Gasteiger charge is 2.31. The molecule has 3 nitrogen and oxygen atoms in total. The van der Waals surface area contributed by atoms with Gasteiger partial charge in [-0.05, 0) is 17.3 Å². The van der Waals surface area contributed by atoms with Gasteiger partial charge >= 0.3 is 6.18 Å². The number of halogens is 3. The fraction of sp³-hybridized carbons (Fsp3) is 0.167. The molecule has 6 heteroatoms. The van der Waals surface area contributed by atoms with E-state index in [4.69, 9.17) is 0 Å². The Hall–Kier alpha value is -1.46. The SMILES string of the molecule is O=Nc1ccc(C(F)(F)F)nc1. The minimum Gasteiger partial charge on any atom is -0.249 e. The average molecular weight is 176 g/mol. The first kappa shape index (κ1) is 8.63. The zero-order chi connectivity index (χ0) is 9.19. The minimum atomic E-state index is -4.47. The predicted octanol–water partition coefficient (Wildman–Crippen LogP) is 2.50. The van der Waals surface area contributed by atoms with Gasteiger partial charge in [-0.1, -0.05) is 0 Å². The predicted molar refractivity (Wildman–Crippen MR) is 34.7 cm³/mol. The number of pyridine rings is 1. The van der Waals surface area contributed by atoms with E-state index in [1.807, 2.05) is 0 Å². The van der Waals surface area contributed by atoms with E-state index in [0.717, 1.165) is 12.3 Å². The summed E-state index contributed by atoms with van der Waals surface area (Å²) in [5.74, 6) is 0. The molecule has 12 heavy (non-hydrogen) atoms. The zero-order valence-electron chi connectivity index (χ0n) is 5.67. The third-order valence-corrected chi connectivity index (χ3v) is 1.14. The van der Waals surface area contributed by atoms with Crippen LogP contribution in [0.25, 0.3) is 0 Å². The van der Waals surface area contributed by atoms with Crippen molar-refractivity contribution >= 4 is 5.69 Å². The second-order valence-electron chi connectivity index (χ2n) is 1.99. The average Bonchev–Trinajstić information content (AvgIpc) is 2.03. The molecule has 0 unspecified atom stereocenters. The van der Waals surface area contributed by atoms with Crippen LogP contribution in [0, 0.1) is 4.91 Å². The molecular formula is C6H3F3N2O. The molecule has 0 aliphatic carbocycles. The molecule has 1 aromatic rings. The summed E-state index contributed by atoms with van der Waals surface area (Å²) in [7, 11) is 0. The van der Waals surface area contributed by atoms with E-state index in [-0.39, 0.29) is 5.69 Å². The number of hydrogen-bond acceptors (Lipinski definition) is 3. The van der Waals surface area contributed by atoms with Gasteiger partial charge in [0.25, 0.3) is 0 Å². The maximum atomic E-state index is 11.9. The van der Waals surface area contributed by atoms with E-state index in [1.165, 1.54) is 0 Å². The highest BCUT2D eigenvalue weighted by atomic mass is 19.4. The van der Waals surface area contributed by atoms with E-state index in [9.17, 15) is 18.1 Å². The van der Waals surface area contributed by atoms with Crippen LogP contribution in [0.1, 0.15) is 5.69 Å². The van der Waals surface area contributed by atoms with Gasteiger partial charge in [0.1, 0.15) is 11.4 Å². The normalized spacial score (nSPS) is 11.2. The Morgan fingerprint density at radius 1 is 1.33 bits per heavy atom. The van der Waals surface area contributed by atoms with Gasteiger partial charge < -0.3 is 0 Å². The van der Waals surface area contributed by atoms with E-state index >= 15 is 0 Å². The summed E-state index contributed by atoms with van der Waals surface area (Å²) in [4.78, 5) is 12.8. The van der Waals surface area contributed by atoms with Crippen LogP contribution in [0.5, 0.6) is 0 Å². The lowest BCUT2D eigenvalue weighted by Crippen LogP contribution is -2.06.